The van der Waals surface area contributed by atoms with Gasteiger partial charge in [0.1, 0.15) is 12.4 Å². The van der Waals surface area contributed by atoms with Gasteiger partial charge in [0.25, 0.3) is 0 Å². The number of alkyl carbamates (subject to hydrolysis) is 1. The minimum absolute atomic E-state index is 0.179. The summed E-state index contributed by atoms with van der Waals surface area (Å²) in [7, 11) is 0. The van der Waals surface area contributed by atoms with E-state index in [1.807, 2.05) is 0 Å². The molecule has 1 aromatic carbocycles. The summed E-state index contributed by atoms with van der Waals surface area (Å²) in [4.78, 5) is 10.7. The summed E-state index contributed by atoms with van der Waals surface area (Å²) in [6, 6.07) is 6.65. The number of amides is 1. The number of hydrogen-bond acceptors (Lipinski definition) is 3. The van der Waals surface area contributed by atoms with Crippen LogP contribution in [0.2, 0.25) is 0 Å². The van der Waals surface area contributed by atoms with E-state index in [0.29, 0.717) is 5.56 Å². The van der Waals surface area contributed by atoms with Crippen LogP contribution in [0.4, 0.5) is 4.79 Å². The summed E-state index contributed by atoms with van der Waals surface area (Å²) < 4.78 is 4.71. The van der Waals surface area contributed by atoms with Crippen molar-refractivity contribution in [1.82, 2.24) is 5.32 Å². The second-order valence-electron chi connectivity index (χ2n) is 2.85. The second-order valence-corrected chi connectivity index (χ2v) is 2.85. The summed E-state index contributed by atoms with van der Waals surface area (Å²) in [6.07, 6.45) is -0.437. The molecule has 2 N–H and O–H groups in total. The van der Waals surface area contributed by atoms with E-state index in [4.69, 9.17) is 4.74 Å². The third-order valence-corrected chi connectivity index (χ3v) is 1.99. The Morgan fingerprint density at radius 1 is 1.46 bits per heavy atom. The highest BCUT2D eigenvalue weighted by Crippen LogP contribution is 2.25. The summed E-state index contributed by atoms with van der Waals surface area (Å²) in [5, 5.41) is 12.0. The number of carbonyl (C=O) groups is 1. The first kappa shape index (κ1) is 7.91. The summed E-state index contributed by atoms with van der Waals surface area (Å²) >= 11 is 0. The van der Waals surface area contributed by atoms with Gasteiger partial charge in [-0.2, -0.15) is 0 Å². The van der Waals surface area contributed by atoms with Gasteiger partial charge in [0, 0.05) is 5.56 Å². The Balaban J connectivity index is 2.26. The molecule has 1 heterocycles. The van der Waals surface area contributed by atoms with E-state index >= 15 is 0 Å². The van der Waals surface area contributed by atoms with Crippen molar-refractivity contribution in [1.29, 1.82) is 0 Å². The Morgan fingerprint density at radius 2 is 2.23 bits per heavy atom. The predicted octanol–water partition coefficient (Wildman–Crippen LogP) is 1.17. The fourth-order valence-corrected chi connectivity index (χ4v) is 1.33. The van der Waals surface area contributed by atoms with Crippen LogP contribution in [0.25, 0.3) is 0 Å². The maximum atomic E-state index is 10.7. The molecule has 1 amide bonds. The molecule has 0 radical (unpaired) electrons. The van der Waals surface area contributed by atoms with Gasteiger partial charge in [0.2, 0.25) is 0 Å². The molecule has 0 aromatic heterocycles. The van der Waals surface area contributed by atoms with Crippen molar-refractivity contribution in [2.24, 2.45) is 0 Å². The van der Waals surface area contributed by atoms with Crippen molar-refractivity contribution < 1.29 is 14.6 Å². The van der Waals surface area contributed by atoms with E-state index in [0.717, 1.165) is 0 Å². The van der Waals surface area contributed by atoms with Crippen LogP contribution in [0, 0.1) is 0 Å². The minimum Gasteiger partial charge on any atom is -0.508 e. The first-order chi connectivity index (χ1) is 6.27. The second kappa shape index (κ2) is 2.97. The van der Waals surface area contributed by atoms with Crippen molar-refractivity contribution in [3.05, 3.63) is 29.8 Å². The summed E-state index contributed by atoms with van der Waals surface area (Å²) in [5.41, 5.74) is 0.688. The maximum absolute atomic E-state index is 10.7. The number of phenolic OH excluding ortho intramolecular Hbond substituents is 1. The highest BCUT2D eigenvalue weighted by molar-refractivity contribution is 5.70. The summed E-state index contributed by atoms with van der Waals surface area (Å²) in [5.74, 6) is 0.179. The normalized spacial score (nSPS) is 20.9. The molecule has 68 valence electrons. The molecule has 1 aliphatic rings. The van der Waals surface area contributed by atoms with Gasteiger partial charge >= 0.3 is 6.09 Å². The molecule has 4 heteroatoms. The van der Waals surface area contributed by atoms with Gasteiger partial charge in [-0.25, -0.2) is 4.79 Å². The van der Waals surface area contributed by atoms with E-state index in [2.05, 4.69) is 5.32 Å². The largest absolute Gasteiger partial charge is 0.508 e. The van der Waals surface area contributed by atoms with Crippen LogP contribution in [0.15, 0.2) is 24.3 Å². The van der Waals surface area contributed by atoms with Gasteiger partial charge < -0.3 is 15.2 Å². The maximum Gasteiger partial charge on any atom is 0.407 e. The number of benzene rings is 1. The number of phenols is 1. The zero-order valence-electron chi connectivity index (χ0n) is 6.86. The Morgan fingerprint density at radius 3 is 2.85 bits per heavy atom. The van der Waals surface area contributed by atoms with Gasteiger partial charge in [-0.05, 0) is 6.07 Å². The number of ether oxygens (including phenoxy) is 1. The smallest absolute Gasteiger partial charge is 0.407 e. The Kier molecular flexibility index (Phi) is 1.81. The van der Waals surface area contributed by atoms with Crippen LogP contribution in [0.5, 0.6) is 5.75 Å². The molecule has 1 aromatic rings. The first-order valence-electron chi connectivity index (χ1n) is 3.98. The topological polar surface area (TPSA) is 58.6 Å². The molecule has 1 unspecified atom stereocenters. The Labute approximate surface area is 75.1 Å². The molecule has 1 atom stereocenters. The first-order valence-corrected chi connectivity index (χ1v) is 3.98. The van der Waals surface area contributed by atoms with Gasteiger partial charge in [-0.1, -0.05) is 18.2 Å². The lowest BCUT2D eigenvalue weighted by atomic mass is 10.1. The number of para-hydroxylation sites is 1. The van der Waals surface area contributed by atoms with Crippen molar-refractivity contribution in [2.75, 3.05) is 6.61 Å². The molecule has 4 nitrogen and oxygen atoms in total. The fourth-order valence-electron chi connectivity index (χ4n) is 1.33. The minimum atomic E-state index is -0.437. The molecular formula is C9H9NO3. The summed E-state index contributed by atoms with van der Waals surface area (Å²) in [6.45, 7) is 0.274. The Bertz CT molecular complexity index is 337. The fraction of sp³-hybridized carbons (Fsp3) is 0.222. The van der Waals surface area contributed by atoms with E-state index in [-0.39, 0.29) is 18.4 Å². The molecule has 1 saturated heterocycles. The third-order valence-electron chi connectivity index (χ3n) is 1.99. The molecular weight excluding hydrogens is 170 g/mol. The van der Waals surface area contributed by atoms with Crippen LogP contribution < -0.4 is 5.32 Å². The van der Waals surface area contributed by atoms with Crippen LogP contribution in [-0.2, 0) is 4.74 Å². The SMILES string of the molecule is O=C1NC(c2ccccc2O)CO1. The van der Waals surface area contributed by atoms with Crippen molar-refractivity contribution in [2.45, 2.75) is 6.04 Å². The van der Waals surface area contributed by atoms with Crippen LogP contribution >= 0.6 is 0 Å². The van der Waals surface area contributed by atoms with Gasteiger partial charge in [-0.15, -0.1) is 0 Å². The van der Waals surface area contributed by atoms with E-state index in [1.165, 1.54) is 0 Å². The lowest BCUT2D eigenvalue weighted by Gasteiger charge is -2.08. The van der Waals surface area contributed by atoms with Crippen molar-refractivity contribution in [3.8, 4) is 5.75 Å². The zero-order chi connectivity index (χ0) is 9.26. The highest BCUT2D eigenvalue weighted by Gasteiger charge is 2.25. The highest BCUT2D eigenvalue weighted by atomic mass is 16.6. The van der Waals surface area contributed by atoms with Gasteiger partial charge in [0.15, 0.2) is 0 Å². The number of aromatic hydroxyl groups is 1. The lowest BCUT2D eigenvalue weighted by Crippen LogP contribution is -2.18. The molecule has 1 aliphatic heterocycles. The number of cyclic esters (lactones) is 1. The van der Waals surface area contributed by atoms with E-state index in [9.17, 15) is 9.90 Å². The predicted molar refractivity (Wildman–Crippen MR) is 45.3 cm³/mol. The number of nitrogens with one attached hydrogen (secondary N) is 1. The standard InChI is InChI=1S/C9H9NO3/c11-8-4-2-1-3-6(8)7-5-13-9(12)10-7/h1-4,7,11H,5H2,(H,10,12). The van der Waals surface area contributed by atoms with Gasteiger partial charge in [-0.3, -0.25) is 0 Å². The molecule has 13 heavy (non-hydrogen) atoms. The van der Waals surface area contributed by atoms with Crippen LogP contribution in [0.3, 0.4) is 0 Å². The molecule has 0 bridgehead atoms. The molecule has 0 aliphatic carbocycles. The third kappa shape index (κ3) is 1.42. The van der Waals surface area contributed by atoms with Crippen LogP contribution in [-0.4, -0.2) is 17.8 Å². The molecule has 2 rings (SSSR count). The van der Waals surface area contributed by atoms with E-state index in [1.54, 1.807) is 24.3 Å². The number of hydrogen-bond donors (Lipinski definition) is 2. The van der Waals surface area contributed by atoms with Crippen molar-refractivity contribution >= 4 is 6.09 Å². The van der Waals surface area contributed by atoms with Crippen LogP contribution in [0.1, 0.15) is 11.6 Å². The monoisotopic (exact) mass is 179 g/mol. The molecule has 1 fully saturated rings. The number of carbonyl (C=O) groups excluding carboxylic acids is 1. The Hall–Kier alpha value is -1.71. The lowest BCUT2D eigenvalue weighted by molar-refractivity contribution is 0.177. The van der Waals surface area contributed by atoms with Gasteiger partial charge in [0.05, 0.1) is 6.04 Å². The number of rotatable bonds is 1. The molecule has 0 saturated carbocycles. The average Bonchev–Trinajstić information content (AvgIpc) is 2.53. The molecule has 0 spiro atoms. The van der Waals surface area contributed by atoms with Crippen molar-refractivity contribution in [3.63, 3.8) is 0 Å². The van der Waals surface area contributed by atoms with E-state index < -0.39 is 6.09 Å². The quantitative estimate of drug-likeness (QED) is 0.680. The zero-order valence-corrected chi connectivity index (χ0v) is 6.86. The average molecular weight is 179 g/mol.